The highest BCUT2D eigenvalue weighted by atomic mass is 19.1. The maximum absolute atomic E-state index is 14.2. The third-order valence-corrected chi connectivity index (χ3v) is 5.60. The maximum atomic E-state index is 14.2. The van der Waals surface area contributed by atoms with E-state index in [0.29, 0.717) is 24.7 Å². The molecule has 2 unspecified atom stereocenters. The Morgan fingerprint density at radius 2 is 2.10 bits per heavy atom. The number of hydrogen-bond donors (Lipinski definition) is 2. The van der Waals surface area contributed by atoms with Crippen LogP contribution < -0.4 is 15.5 Å². The van der Waals surface area contributed by atoms with E-state index in [1.54, 1.807) is 20.2 Å². The summed E-state index contributed by atoms with van der Waals surface area (Å²) in [6.07, 6.45) is 5.40. The predicted octanol–water partition coefficient (Wildman–Crippen LogP) is 1.99. The minimum atomic E-state index is -0.198. The maximum Gasteiger partial charge on any atom is 0.243 e. The Kier molecular flexibility index (Phi) is 8.30. The van der Waals surface area contributed by atoms with Gasteiger partial charge in [0.1, 0.15) is 12.4 Å². The quantitative estimate of drug-likeness (QED) is 0.545. The second-order valence-corrected chi connectivity index (χ2v) is 8.20. The Hall–Kier alpha value is -2.35. The Labute approximate surface area is 178 Å². The molecule has 2 fully saturated rings. The van der Waals surface area contributed by atoms with E-state index in [1.807, 2.05) is 12.1 Å². The summed E-state index contributed by atoms with van der Waals surface area (Å²) in [7, 11) is 3.45. The van der Waals surface area contributed by atoms with Gasteiger partial charge >= 0.3 is 0 Å². The molecule has 0 aromatic heterocycles. The Balaban J connectivity index is 1.62. The zero-order chi connectivity index (χ0) is 21.3. The van der Waals surface area contributed by atoms with Gasteiger partial charge in [0.05, 0.1) is 11.8 Å². The molecule has 2 atom stereocenters. The van der Waals surface area contributed by atoms with E-state index in [9.17, 15) is 9.18 Å². The summed E-state index contributed by atoms with van der Waals surface area (Å²) >= 11 is 0. The largest absolute Gasteiger partial charge is 0.376 e. The average molecular weight is 420 g/mol. The second kappa shape index (κ2) is 11.2. The Bertz CT molecular complexity index is 721. The molecule has 2 saturated heterocycles. The van der Waals surface area contributed by atoms with Crippen LogP contribution in [0.25, 0.3) is 0 Å². The van der Waals surface area contributed by atoms with Gasteiger partial charge in [-0.1, -0.05) is 12.1 Å². The van der Waals surface area contributed by atoms with Crippen LogP contribution in [-0.4, -0.2) is 75.8 Å². The molecule has 1 aromatic carbocycles. The number of carbonyl (C=O) groups excluding carboxylic acids is 1. The van der Waals surface area contributed by atoms with Gasteiger partial charge in [-0.05, 0) is 44.2 Å². The number of anilines is 1. The summed E-state index contributed by atoms with van der Waals surface area (Å²) in [6.45, 7) is 3.05. The smallest absolute Gasteiger partial charge is 0.243 e. The number of likely N-dealkylation sites (N-methyl/N-ethyl adjacent to an activating group) is 1. The number of piperidine rings is 1. The zero-order valence-electron chi connectivity index (χ0n) is 18.1. The molecule has 0 saturated carbocycles. The lowest BCUT2D eigenvalue weighted by Gasteiger charge is -2.35. The van der Waals surface area contributed by atoms with Crippen molar-refractivity contribution in [2.24, 2.45) is 4.99 Å². The van der Waals surface area contributed by atoms with Crippen LogP contribution in [0.2, 0.25) is 0 Å². The molecule has 2 aliphatic rings. The van der Waals surface area contributed by atoms with Gasteiger partial charge in [0.25, 0.3) is 0 Å². The standard InChI is InChI=1S/C22H34FN5O2/c1-27(2)21(29)15-25-22(24-14-18-9-5-6-13-30-18)26-17-8-7-12-28(16-17)20-11-4-3-10-19(20)23/h3-4,10-11,17-18H,5-9,12-16H2,1-2H3,(H2,24,25,26). The zero-order valence-corrected chi connectivity index (χ0v) is 18.1. The Morgan fingerprint density at radius 1 is 1.27 bits per heavy atom. The van der Waals surface area contributed by atoms with E-state index in [1.165, 1.54) is 17.4 Å². The first kappa shape index (κ1) is 22.3. The highest BCUT2D eigenvalue weighted by molar-refractivity contribution is 5.85. The third kappa shape index (κ3) is 6.58. The number of benzene rings is 1. The first-order valence-electron chi connectivity index (χ1n) is 10.9. The molecule has 7 nitrogen and oxygen atoms in total. The van der Waals surface area contributed by atoms with Crippen molar-refractivity contribution in [1.82, 2.24) is 15.5 Å². The molecular weight excluding hydrogens is 385 g/mol. The molecule has 0 spiro atoms. The number of carbonyl (C=O) groups is 1. The summed E-state index contributed by atoms with van der Waals surface area (Å²) in [5.41, 5.74) is 0.633. The van der Waals surface area contributed by atoms with Crippen LogP contribution in [0.15, 0.2) is 29.3 Å². The van der Waals surface area contributed by atoms with Gasteiger partial charge in [-0.2, -0.15) is 0 Å². The fraction of sp³-hybridized carbons (Fsp3) is 0.636. The summed E-state index contributed by atoms with van der Waals surface area (Å²) in [5, 5.41) is 6.81. The van der Waals surface area contributed by atoms with E-state index < -0.39 is 0 Å². The van der Waals surface area contributed by atoms with Crippen molar-refractivity contribution in [3.8, 4) is 0 Å². The van der Waals surface area contributed by atoms with Gasteiger partial charge in [-0.15, -0.1) is 0 Å². The number of guanidine groups is 1. The number of hydrogen-bond acceptors (Lipinski definition) is 4. The molecule has 166 valence electrons. The van der Waals surface area contributed by atoms with Gasteiger partial charge in [-0.3, -0.25) is 4.79 Å². The van der Waals surface area contributed by atoms with Crippen molar-refractivity contribution in [3.63, 3.8) is 0 Å². The van der Waals surface area contributed by atoms with Crippen LogP contribution in [0, 0.1) is 5.82 Å². The molecule has 30 heavy (non-hydrogen) atoms. The minimum Gasteiger partial charge on any atom is -0.376 e. The number of nitrogens with zero attached hydrogens (tertiary/aromatic N) is 3. The van der Waals surface area contributed by atoms with Crippen molar-refractivity contribution in [2.45, 2.75) is 44.2 Å². The first-order chi connectivity index (χ1) is 14.5. The van der Waals surface area contributed by atoms with E-state index in [4.69, 9.17) is 4.74 Å². The summed E-state index contributed by atoms with van der Waals surface area (Å²) in [4.78, 5) is 20.1. The molecule has 0 bridgehead atoms. The van der Waals surface area contributed by atoms with Gasteiger partial charge in [0.15, 0.2) is 5.96 Å². The lowest BCUT2D eigenvalue weighted by atomic mass is 10.0. The van der Waals surface area contributed by atoms with Crippen molar-refractivity contribution in [2.75, 3.05) is 51.8 Å². The molecule has 2 heterocycles. The number of halogens is 1. The van der Waals surface area contributed by atoms with Gasteiger partial charge in [0.2, 0.25) is 5.91 Å². The van der Waals surface area contributed by atoms with Gasteiger partial charge < -0.3 is 25.2 Å². The highest BCUT2D eigenvalue weighted by Gasteiger charge is 2.23. The van der Waals surface area contributed by atoms with Crippen LogP contribution >= 0.6 is 0 Å². The fourth-order valence-corrected chi connectivity index (χ4v) is 3.83. The molecule has 2 aliphatic heterocycles. The summed E-state index contributed by atoms with van der Waals surface area (Å²) in [5.74, 6) is 0.359. The molecule has 8 heteroatoms. The second-order valence-electron chi connectivity index (χ2n) is 8.20. The monoisotopic (exact) mass is 419 g/mol. The number of rotatable bonds is 6. The van der Waals surface area contributed by atoms with Crippen LogP contribution in [0.4, 0.5) is 10.1 Å². The fourth-order valence-electron chi connectivity index (χ4n) is 3.83. The van der Waals surface area contributed by atoms with Crippen LogP contribution in [0.5, 0.6) is 0 Å². The van der Waals surface area contributed by atoms with E-state index >= 15 is 0 Å². The molecule has 0 aliphatic carbocycles. The van der Waals surface area contributed by atoms with Crippen molar-refractivity contribution < 1.29 is 13.9 Å². The lowest BCUT2D eigenvalue weighted by molar-refractivity contribution is -0.127. The highest BCUT2D eigenvalue weighted by Crippen LogP contribution is 2.22. The van der Waals surface area contributed by atoms with Gasteiger partial charge in [-0.25, -0.2) is 9.38 Å². The summed E-state index contributed by atoms with van der Waals surface area (Å²) in [6, 6.07) is 7.01. The van der Waals surface area contributed by atoms with Crippen molar-refractivity contribution in [1.29, 1.82) is 0 Å². The lowest BCUT2D eigenvalue weighted by Crippen LogP contribution is -2.52. The molecule has 3 rings (SSSR count). The number of amides is 1. The number of nitrogens with one attached hydrogen (secondary N) is 2. The topological polar surface area (TPSA) is 69.2 Å². The number of aliphatic imine (C=N–C) groups is 1. The van der Waals surface area contributed by atoms with E-state index in [-0.39, 0.29) is 30.4 Å². The predicted molar refractivity (Wildman–Crippen MR) is 117 cm³/mol. The SMILES string of the molecule is CN(C)C(=O)CN=C(NCC1CCCCO1)NC1CCCN(c2ccccc2F)C1. The van der Waals surface area contributed by atoms with Crippen molar-refractivity contribution >= 4 is 17.6 Å². The molecule has 2 N–H and O–H groups in total. The normalized spacial score (nSPS) is 22.5. The van der Waals surface area contributed by atoms with Crippen LogP contribution in [0.3, 0.4) is 0 Å². The van der Waals surface area contributed by atoms with E-state index in [2.05, 4.69) is 20.5 Å². The molecular formula is C22H34FN5O2. The number of ether oxygens (including phenoxy) is 1. The first-order valence-corrected chi connectivity index (χ1v) is 10.9. The third-order valence-electron chi connectivity index (χ3n) is 5.60. The van der Waals surface area contributed by atoms with Crippen molar-refractivity contribution in [3.05, 3.63) is 30.1 Å². The van der Waals surface area contributed by atoms with Crippen LogP contribution in [0.1, 0.15) is 32.1 Å². The Morgan fingerprint density at radius 3 is 2.83 bits per heavy atom. The molecule has 0 radical (unpaired) electrons. The average Bonchev–Trinajstić information content (AvgIpc) is 2.76. The molecule has 1 amide bonds. The minimum absolute atomic E-state index is 0.0540. The molecule has 1 aromatic rings. The van der Waals surface area contributed by atoms with E-state index in [0.717, 1.165) is 38.8 Å². The van der Waals surface area contributed by atoms with Gasteiger partial charge in [0, 0.05) is 46.4 Å². The number of para-hydroxylation sites is 1. The summed E-state index contributed by atoms with van der Waals surface area (Å²) < 4.78 is 20.0. The van der Waals surface area contributed by atoms with Crippen LogP contribution in [-0.2, 0) is 9.53 Å².